The van der Waals surface area contributed by atoms with Crippen LogP contribution in [-0.2, 0) is 6.54 Å². The summed E-state index contributed by atoms with van der Waals surface area (Å²) in [5.41, 5.74) is 6.44. The van der Waals surface area contributed by atoms with E-state index in [1.807, 2.05) is 12.1 Å². The van der Waals surface area contributed by atoms with Gasteiger partial charge in [-0.05, 0) is 17.7 Å². The predicted molar refractivity (Wildman–Crippen MR) is 45.8 cm³/mol. The molecule has 0 fully saturated rings. The monoisotopic (exact) mass is 169 g/mol. The number of alkyl halides is 1. The van der Waals surface area contributed by atoms with E-state index in [9.17, 15) is 4.39 Å². The summed E-state index contributed by atoms with van der Waals surface area (Å²) in [6.45, 7) is 0.171. The zero-order valence-electron chi connectivity index (χ0n) is 6.79. The maximum Gasteiger partial charge on any atom is 0.123 e. The van der Waals surface area contributed by atoms with Gasteiger partial charge in [0, 0.05) is 6.54 Å². The van der Waals surface area contributed by atoms with Crippen LogP contribution in [0.4, 0.5) is 4.39 Å². The zero-order chi connectivity index (χ0) is 8.81. The summed E-state index contributed by atoms with van der Waals surface area (Å²) < 4.78 is 16.7. The van der Waals surface area contributed by atoms with Gasteiger partial charge < -0.3 is 10.5 Å². The Morgan fingerprint density at radius 1 is 1.25 bits per heavy atom. The van der Waals surface area contributed by atoms with Crippen molar-refractivity contribution in [1.82, 2.24) is 0 Å². The van der Waals surface area contributed by atoms with E-state index in [4.69, 9.17) is 10.5 Å². The van der Waals surface area contributed by atoms with E-state index < -0.39 is 6.67 Å². The van der Waals surface area contributed by atoms with Crippen LogP contribution in [0.15, 0.2) is 24.3 Å². The molecular weight excluding hydrogens is 157 g/mol. The molecule has 0 heterocycles. The molecule has 1 aromatic carbocycles. The summed E-state index contributed by atoms with van der Waals surface area (Å²) in [5, 5.41) is 0. The van der Waals surface area contributed by atoms with E-state index in [0.29, 0.717) is 12.3 Å². The van der Waals surface area contributed by atoms with Gasteiger partial charge in [0.05, 0.1) is 0 Å². The third-order valence-electron chi connectivity index (χ3n) is 1.50. The lowest BCUT2D eigenvalue weighted by Gasteiger charge is -2.03. The van der Waals surface area contributed by atoms with Crippen molar-refractivity contribution in [2.24, 2.45) is 5.73 Å². The summed E-state index contributed by atoms with van der Waals surface area (Å²) in [4.78, 5) is 0. The normalized spacial score (nSPS) is 9.83. The minimum absolute atomic E-state index is 0.113. The standard InChI is InChI=1S/C9H12FNO/c10-5-6-12-9-3-1-8(7-11)2-4-9/h1-4H,5-7,11H2. The summed E-state index contributed by atoms with van der Waals surface area (Å²) in [5.74, 6) is 0.685. The number of rotatable bonds is 4. The largest absolute Gasteiger partial charge is 0.491 e. The Hall–Kier alpha value is -1.09. The summed E-state index contributed by atoms with van der Waals surface area (Å²) in [6, 6.07) is 7.32. The van der Waals surface area contributed by atoms with Crippen molar-refractivity contribution in [1.29, 1.82) is 0 Å². The lowest BCUT2D eigenvalue weighted by Crippen LogP contribution is -1.99. The van der Waals surface area contributed by atoms with Crippen molar-refractivity contribution in [2.45, 2.75) is 6.54 Å². The molecule has 0 atom stereocenters. The Bertz CT molecular complexity index is 222. The number of benzene rings is 1. The van der Waals surface area contributed by atoms with Gasteiger partial charge in [-0.1, -0.05) is 12.1 Å². The van der Waals surface area contributed by atoms with Crippen LogP contribution in [0.5, 0.6) is 5.75 Å². The fourth-order valence-electron chi connectivity index (χ4n) is 0.878. The van der Waals surface area contributed by atoms with Crippen molar-refractivity contribution in [3.63, 3.8) is 0 Å². The molecule has 66 valence electrons. The molecule has 0 aliphatic heterocycles. The average Bonchev–Trinajstić information content (AvgIpc) is 2.15. The Morgan fingerprint density at radius 2 is 1.92 bits per heavy atom. The molecule has 2 nitrogen and oxygen atoms in total. The molecule has 0 aromatic heterocycles. The first-order valence-electron chi connectivity index (χ1n) is 3.84. The third-order valence-corrected chi connectivity index (χ3v) is 1.50. The quantitative estimate of drug-likeness (QED) is 0.741. The molecule has 1 aromatic rings. The molecule has 0 aliphatic carbocycles. The number of hydrogen-bond donors (Lipinski definition) is 1. The van der Waals surface area contributed by atoms with Crippen LogP contribution in [0.1, 0.15) is 5.56 Å². The Balaban J connectivity index is 2.53. The summed E-state index contributed by atoms with van der Waals surface area (Å²) >= 11 is 0. The fourth-order valence-corrected chi connectivity index (χ4v) is 0.878. The molecule has 0 saturated carbocycles. The van der Waals surface area contributed by atoms with Crippen LogP contribution in [0.2, 0.25) is 0 Å². The van der Waals surface area contributed by atoms with Crippen LogP contribution in [0.25, 0.3) is 0 Å². The SMILES string of the molecule is NCc1ccc(OCCF)cc1. The van der Waals surface area contributed by atoms with Gasteiger partial charge in [-0.25, -0.2) is 4.39 Å². The van der Waals surface area contributed by atoms with Crippen molar-refractivity contribution in [3.8, 4) is 5.75 Å². The van der Waals surface area contributed by atoms with E-state index in [0.717, 1.165) is 5.56 Å². The maximum atomic E-state index is 11.7. The van der Waals surface area contributed by atoms with Gasteiger partial charge in [-0.2, -0.15) is 0 Å². The molecule has 0 saturated heterocycles. The van der Waals surface area contributed by atoms with E-state index in [-0.39, 0.29) is 6.61 Å². The molecule has 3 heteroatoms. The highest BCUT2D eigenvalue weighted by Gasteiger charge is 1.92. The number of nitrogens with two attached hydrogens (primary N) is 1. The van der Waals surface area contributed by atoms with Gasteiger partial charge in [0.15, 0.2) is 0 Å². The van der Waals surface area contributed by atoms with Crippen LogP contribution in [0.3, 0.4) is 0 Å². The molecule has 0 amide bonds. The molecule has 0 unspecified atom stereocenters. The maximum absolute atomic E-state index is 11.7. The van der Waals surface area contributed by atoms with Gasteiger partial charge >= 0.3 is 0 Å². The molecule has 1 rings (SSSR count). The number of hydrogen-bond acceptors (Lipinski definition) is 2. The van der Waals surface area contributed by atoms with Gasteiger partial charge in [0.25, 0.3) is 0 Å². The van der Waals surface area contributed by atoms with Gasteiger partial charge in [0.1, 0.15) is 19.0 Å². The Labute approximate surface area is 71.1 Å². The van der Waals surface area contributed by atoms with Crippen LogP contribution < -0.4 is 10.5 Å². The molecule has 0 bridgehead atoms. The Morgan fingerprint density at radius 3 is 2.42 bits per heavy atom. The second-order valence-electron chi connectivity index (χ2n) is 2.39. The lowest BCUT2D eigenvalue weighted by atomic mass is 10.2. The summed E-state index contributed by atoms with van der Waals surface area (Å²) in [6.07, 6.45) is 0. The third kappa shape index (κ3) is 2.51. The predicted octanol–water partition coefficient (Wildman–Crippen LogP) is 1.49. The second-order valence-corrected chi connectivity index (χ2v) is 2.39. The van der Waals surface area contributed by atoms with E-state index in [1.54, 1.807) is 12.1 Å². The van der Waals surface area contributed by atoms with Crippen molar-refractivity contribution in [2.75, 3.05) is 13.3 Å². The number of ether oxygens (including phenoxy) is 1. The van der Waals surface area contributed by atoms with E-state index >= 15 is 0 Å². The second kappa shape index (κ2) is 4.72. The van der Waals surface area contributed by atoms with Crippen molar-refractivity contribution >= 4 is 0 Å². The lowest BCUT2D eigenvalue weighted by molar-refractivity contribution is 0.273. The molecule has 0 radical (unpaired) electrons. The fraction of sp³-hybridized carbons (Fsp3) is 0.333. The van der Waals surface area contributed by atoms with Crippen molar-refractivity contribution in [3.05, 3.63) is 29.8 Å². The minimum Gasteiger partial charge on any atom is -0.491 e. The molecular formula is C9H12FNO. The Kier molecular flexibility index (Phi) is 3.54. The van der Waals surface area contributed by atoms with E-state index in [2.05, 4.69) is 0 Å². The smallest absolute Gasteiger partial charge is 0.123 e. The summed E-state index contributed by atoms with van der Waals surface area (Å²) in [7, 11) is 0. The average molecular weight is 169 g/mol. The first kappa shape index (κ1) is 9.00. The van der Waals surface area contributed by atoms with E-state index in [1.165, 1.54) is 0 Å². The first-order chi connectivity index (χ1) is 5.86. The van der Waals surface area contributed by atoms with Crippen LogP contribution >= 0.6 is 0 Å². The van der Waals surface area contributed by atoms with Crippen molar-refractivity contribution < 1.29 is 9.13 Å². The van der Waals surface area contributed by atoms with Gasteiger partial charge in [-0.3, -0.25) is 0 Å². The van der Waals surface area contributed by atoms with Gasteiger partial charge in [0.2, 0.25) is 0 Å². The van der Waals surface area contributed by atoms with Gasteiger partial charge in [-0.15, -0.1) is 0 Å². The first-order valence-corrected chi connectivity index (χ1v) is 3.84. The molecule has 2 N–H and O–H groups in total. The zero-order valence-corrected chi connectivity index (χ0v) is 6.79. The molecule has 0 spiro atoms. The highest BCUT2D eigenvalue weighted by Crippen LogP contribution is 2.11. The minimum atomic E-state index is -0.460. The highest BCUT2D eigenvalue weighted by atomic mass is 19.1. The van der Waals surface area contributed by atoms with Crippen LogP contribution in [0, 0.1) is 0 Å². The topological polar surface area (TPSA) is 35.2 Å². The molecule has 12 heavy (non-hydrogen) atoms. The highest BCUT2D eigenvalue weighted by molar-refractivity contribution is 5.26. The van der Waals surface area contributed by atoms with Crippen LogP contribution in [-0.4, -0.2) is 13.3 Å². The molecule has 0 aliphatic rings. The number of halogens is 1.